The SMILES string of the molecule is COC(=O)[C@H](Cc1ccc(OC(=O)OCC(C)(C)C)c(OC(=O)OCC(C)(C)C)c1)NCC(C)OC(=O)OCC(C)C. The number of ether oxygens (including phenoxy) is 7. The lowest BCUT2D eigenvalue weighted by Crippen LogP contribution is -2.43. The number of nitrogens with one attached hydrogen (secondary N) is 1. The Hall–Kier alpha value is -3.54. The lowest BCUT2D eigenvalue weighted by Gasteiger charge is -2.21. The maximum atomic E-state index is 12.5. The van der Waals surface area contributed by atoms with E-state index in [4.69, 9.17) is 33.2 Å². The van der Waals surface area contributed by atoms with Gasteiger partial charge in [-0.1, -0.05) is 61.5 Å². The summed E-state index contributed by atoms with van der Waals surface area (Å²) >= 11 is 0. The number of hydrogen-bond acceptors (Lipinski definition) is 12. The molecule has 0 fully saturated rings. The minimum Gasteiger partial charge on any atom is -0.468 e. The molecule has 1 rings (SSSR count). The Bertz CT molecular complexity index is 1040. The number of esters is 1. The van der Waals surface area contributed by atoms with Crippen molar-refractivity contribution in [3.05, 3.63) is 23.8 Å². The van der Waals surface area contributed by atoms with Crippen LogP contribution in [0.15, 0.2) is 18.2 Å². The molecule has 2 atom stereocenters. The first-order valence-electron chi connectivity index (χ1n) is 13.8. The van der Waals surface area contributed by atoms with Gasteiger partial charge in [-0.2, -0.15) is 0 Å². The summed E-state index contributed by atoms with van der Waals surface area (Å²) in [5, 5.41) is 3.02. The van der Waals surface area contributed by atoms with Crippen molar-refractivity contribution in [1.82, 2.24) is 5.32 Å². The smallest absolute Gasteiger partial charge is 0.468 e. The summed E-state index contributed by atoms with van der Waals surface area (Å²) in [5.41, 5.74) is -0.0504. The molecular weight excluding hydrogens is 550 g/mol. The first-order valence-corrected chi connectivity index (χ1v) is 13.8. The van der Waals surface area contributed by atoms with E-state index in [1.165, 1.54) is 19.2 Å². The molecule has 1 aromatic rings. The third-order valence-corrected chi connectivity index (χ3v) is 5.05. The molecule has 0 heterocycles. The van der Waals surface area contributed by atoms with Crippen molar-refractivity contribution in [3.63, 3.8) is 0 Å². The van der Waals surface area contributed by atoms with Gasteiger partial charge in [0.25, 0.3) is 0 Å². The number of benzene rings is 1. The fourth-order valence-electron chi connectivity index (χ4n) is 3.03. The summed E-state index contributed by atoms with van der Waals surface area (Å²) in [4.78, 5) is 49.1. The van der Waals surface area contributed by atoms with Gasteiger partial charge in [-0.25, -0.2) is 14.4 Å². The maximum absolute atomic E-state index is 12.5. The van der Waals surface area contributed by atoms with Gasteiger partial charge in [-0.05, 0) is 47.8 Å². The van der Waals surface area contributed by atoms with E-state index in [1.807, 2.05) is 55.4 Å². The zero-order valence-electron chi connectivity index (χ0n) is 26.5. The van der Waals surface area contributed by atoms with Gasteiger partial charge in [-0.15, -0.1) is 0 Å². The Kier molecular flexibility index (Phi) is 14.6. The molecule has 1 N–H and O–H groups in total. The van der Waals surface area contributed by atoms with E-state index in [0.717, 1.165) is 0 Å². The molecular formula is C30H47NO11. The Morgan fingerprint density at radius 1 is 0.786 bits per heavy atom. The van der Waals surface area contributed by atoms with Crippen molar-refractivity contribution < 1.29 is 52.3 Å². The summed E-state index contributed by atoms with van der Waals surface area (Å²) < 4.78 is 36.2. The lowest BCUT2D eigenvalue weighted by molar-refractivity contribution is -0.143. The quantitative estimate of drug-likeness (QED) is 0.170. The minimum atomic E-state index is -0.993. The number of carbonyl (C=O) groups is 4. The van der Waals surface area contributed by atoms with E-state index < -0.39 is 36.6 Å². The number of carbonyl (C=O) groups excluding carboxylic acids is 4. The fraction of sp³-hybridized carbons (Fsp3) is 0.667. The van der Waals surface area contributed by atoms with Crippen molar-refractivity contribution in [1.29, 1.82) is 0 Å². The molecule has 0 saturated heterocycles. The van der Waals surface area contributed by atoms with Gasteiger partial charge in [0, 0.05) is 6.54 Å². The van der Waals surface area contributed by atoms with Crippen LogP contribution in [0.1, 0.15) is 67.9 Å². The van der Waals surface area contributed by atoms with Crippen LogP contribution in [-0.2, 0) is 34.9 Å². The van der Waals surface area contributed by atoms with Crippen LogP contribution >= 0.6 is 0 Å². The van der Waals surface area contributed by atoms with Gasteiger partial charge in [0.2, 0.25) is 0 Å². The predicted octanol–water partition coefficient (Wildman–Crippen LogP) is 5.68. The average molecular weight is 598 g/mol. The van der Waals surface area contributed by atoms with Crippen molar-refractivity contribution in [2.75, 3.05) is 33.5 Å². The molecule has 0 radical (unpaired) electrons. The van der Waals surface area contributed by atoms with Gasteiger partial charge in [-0.3, -0.25) is 4.79 Å². The van der Waals surface area contributed by atoms with Crippen LogP contribution in [0.5, 0.6) is 11.5 Å². The second-order valence-electron chi connectivity index (χ2n) is 12.8. The highest BCUT2D eigenvalue weighted by Gasteiger charge is 2.24. The summed E-state index contributed by atoms with van der Waals surface area (Å²) in [6.45, 7) is 17.4. The average Bonchev–Trinajstić information content (AvgIpc) is 2.87. The zero-order valence-corrected chi connectivity index (χ0v) is 26.5. The third kappa shape index (κ3) is 16.0. The fourth-order valence-corrected chi connectivity index (χ4v) is 3.03. The molecule has 0 bridgehead atoms. The summed E-state index contributed by atoms with van der Waals surface area (Å²) in [6.07, 6.45) is -3.28. The first kappa shape index (κ1) is 36.5. The summed E-state index contributed by atoms with van der Waals surface area (Å²) in [6, 6.07) is 3.62. The van der Waals surface area contributed by atoms with Crippen molar-refractivity contribution >= 4 is 24.4 Å². The van der Waals surface area contributed by atoms with Crippen LogP contribution in [0.4, 0.5) is 14.4 Å². The van der Waals surface area contributed by atoms with E-state index in [-0.39, 0.29) is 61.0 Å². The monoisotopic (exact) mass is 597 g/mol. The Balaban J connectivity index is 3.06. The van der Waals surface area contributed by atoms with E-state index in [9.17, 15) is 19.2 Å². The number of hydrogen-bond donors (Lipinski definition) is 1. The second kappa shape index (κ2) is 16.8. The van der Waals surface area contributed by atoms with Gasteiger partial charge >= 0.3 is 24.4 Å². The predicted molar refractivity (Wildman–Crippen MR) is 154 cm³/mol. The highest BCUT2D eigenvalue weighted by molar-refractivity contribution is 5.76. The molecule has 0 saturated carbocycles. The third-order valence-electron chi connectivity index (χ3n) is 5.05. The molecule has 0 aliphatic rings. The van der Waals surface area contributed by atoms with Crippen LogP contribution in [0.25, 0.3) is 0 Å². The van der Waals surface area contributed by atoms with Crippen LogP contribution < -0.4 is 14.8 Å². The summed E-state index contributed by atoms with van der Waals surface area (Å²) in [5.74, 6) is -0.584. The minimum absolute atomic E-state index is 0.0742. The Labute approximate surface area is 248 Å². The van der Waals surface area contributed by atoms with E-state index in [2.05, 4.69) is 5.32 Å². The molecule has 1 aromatic carbocycles. The normalized spacial score (nSPS) is 13.0. The molecule has 12 heteroatoms. The van der Waals surface area contributed by atoms with Crippen molar-refractivity contribution in [2.24, 2.45) is 16.7 Å². The molecule has 0 aliphatic carbocycles. The molecule has 238 valence electrons. The highest BCUT2D eigenvalue weighted by Crippen LogP contribution is 2.30. The van der Waals surface area contributed by atoms with Gasteiger partial charge in [0.05, 0.1) is 26.9 Å². The molecule has 1 unspecified atom stereocenters. The van der Waals surface area contributed by atoms with Crippen LogP contribution in [0.3, 0.4) is 0 Å². The maximum Gasteiger partial charge on any atom is 0.513 e. The van der Waals surface area contributed by atoms with Gasteiger partial charge in [0.1, 0.15) is 12.1 Å². The first-order chi connectivity index (χ1) is 19.4. The largest absolute Gasteiger partial charge is 0.513 e. The van der Waals surface area contributed by atoms with Crippen LogP contribution in [0, 0.1) is 16.7 Å². The van der Waals surface area contributed by atoms with Crippen molar-refractivity contribution in [2.45, 2.75) is 80.9 Å². The topological polar surface area (TPSA) is 145 Å². The lowest BCUT2D eigenvalue weighted by atomic mass is 9.99. The number of methoxy groups -OCH3 is 1. The number of rotatable bonds is 13. The zero-order chi connectivity index (χ0) is 32.1. The molecule has 0 spiro atoms. The van der Waals surface area contributed by atoms with E-state index >= 15 is 0 Å². The van der Waals surface area contributed by atoms with E-state index in [1.54, 1.807) is 13.0 Å². The van der Waals surface area contributed by atoms with Crippen LogP contribution in [-0.4, -0.2) is 70.1 Å². The van der Waals surface area contributed by atoms with E-state index in [0.29, 0.717) is 5.56 Å². The molecule has 0 aliphatic heterocycles. The Morgan fingerprint density at radius 3 is 1.83 bits per heavy atom. The van der Waals surface area contributed by atoms with Crippen LogP contribution in [0.2, 0.25) is 0 Å². The highest BCUT2D eigenvalue weighted by atomic mass is 16.7. The van der Waals surface area contributed by atoms with Crippen molar-refractivity contribution in [3.8, 4) is 11.5 Å². The molecule has 42 heavy (non-hydrogen) atoms. The second-order valence-corrected chi connectivity index (χ2v) is 12.8. The molecule has 0 aromatic heterocycles. The standard InChI is InChI=1S/C30H47NO11/c1-19(2)16-37-26(33)40-20(3)15-31-22(25(32)36-10)13-21-11-12-23(41-27(34)38-17-29(4,5)6)24(14-21)42-28(35)39-18-30(7,8)9/h11-12,14,19-20,22,31H,13,15-18H2,1-10H3/t20?,22-/m0/s1. The van der Waals surface area contributed by atoms with Gasteiger partial charge in [0.15, 0.2) is 11.5 Å². The van der Waals surface area contributed by atoms with Gasteiger partial charge < -0.3 is 38.5 Å². The summed E-state index contributed by atoms with van der Waals surface area (Å²) in [7, 11) is 1.25. The molecule has 12 nitrogen and oxygen atoms in total. The Morgan fingerprint density at radius 2 is 1.33 bits per heavy atom. The molecule has 0 amide bonds.